The largest absolute Gasteiger partial charge is 0.379 e. The molecule has 2 aliphatic carbocycles. The Morgan fingerprint density at radius 3 is 2.72 bits per heavy atom. The van der Waals surface area contributed by atoms with Gasteiger partial charge in [0.15, 0.2) is 12.1 Å². The molecule has 0 aromatic heterocycles. The molecule has 0 bridgehead atoms. The first-order valence-corrected chi connectivity index (χ1v) is 16.5. The Hall–Kier alpha value is -1.91. The summed E-state index contributed by atoms with van der Waals surface area (Å²) in [4.78, 5) is 33.6. The Morgan fingerprint density at radius 2 is 1.98 bits per heavy atom. The second kappa shape index (κ2) is 13.2. The van der Waals surface area contributed by atoms with Crippen molar-refractivity contribution >= 4 is 11.7 Å². The minimum Gasteiger partial charge on any atom is -0.379 e. The molecule has 1 spiro atoms. The van der Waals surface area contributed by atoms with Gasteiger partial charge < -0.3 is 24.0 Å². The third-order valence-corrected chi connectivity index (χ3v) is 11.4. The number of likely N-dealkylation sites (N-methyl/N-ethyl adjacent to an activating group) is 1. The predicted octanol–water partition coefficient (Wildman–Crippen LogP) is 1.59. The zero-order valence-electron chi connectivity index (χ0n) is 25.9. The van der Waals surface area contributed by atoms with E-state index >= 15 is 0 Å². The predicted molar refractivity (Wildman–Crippen MR) is 159 cm³/mol. The number of nitrogens with one attached hydrogen (secondary N) is 2. The maximum Gasteiger partial charge on any atom is 0.246 e. The lowest BCUT2D eigenvalue weighted by Crippen LogP contribution is -2.76. The van der Waals surface area contributed by atoms with Crippen molar-refractivity contribution in [1.29, 1.82) is 5.26 Å². The molecule has 0 aromatic carbocycles. The number of nitriles is 1. The molecule has 6 rings (SSSR count). The van der Waals surface area contributed by atoms with E-state index in [0.29, 0.717) is 44.6 Å². The number of nitrogens with zero attached hydrogens (tertiary/aromatic N) is 4. The SMILES string of the molecule is C=CC(=O)N1CCN(C2NC(OCC3CCCN3C)NC3C(=O)[C@]4(CCC5CCCC(OC)C5O4)CCC32)CC1CC#N. The molecule has 2 saturated carbocycles. The van der Waals surface area contributed by atoms with Gasteiger partial charge in [-0.15, -0.1) is 0 Å². The number of amides is 1. The van der Waals surface area contributed by atoms with Gasteiger partial charge in [-0.25, -0.2) is 0 Å². The molecule has 238 valence electrons. The lowest BCUT2D eigenvalue weighted by atomic mass is 9.66. The van der Waals surface area contributed by atoms with Crippen LogP contribution >= 0.6 is 0 Å². The van der Waals surface area contributed by atoms with E-state index in [2.05, 4.69) is 40.1 Å². The van der Waals surface area contributed by atoms with E-state index < -0.39 is 18.0 Å². The zero-order valence-corrected chi connectivity index (χ0v) is 25.9. The number of hydrogen-bond acceptors (Lipinski definition) is 10. The van der Waals surface area contributed by atoms with Crippen molar-refractivity contribution in [3.05, 3.63) is 12.7 Å². The Kier molecular flexibility index (Phi) is 9.55. The maximum atomic E-state index is 14.6. The van der Waals surface area contributed by atoms with Gasteiger partial charge in [0.1, 0.15) is 5.60 Å². The number of likely N-dealkylation sites (tertiary alicyclic amines) is 1. The zero-order chi connectivity index (χ0) is 30.1. The number of ether oxygens (including phenoxy) is 3. The summed E-state index contributed by atoms with van der Waals surface area (Å²) < 4.78 is 19.2. The molecule has 2 N–H and O–H groups in total. The number of methoxy groups -OCH3 is 1. The van der Waals surface area contributed by atoms with Crippen molar-refractivity contribution in [3.8, 4) is 6.07 Å². The minimum atomic E-state index is -0.792. The molecule has 11 heteroatoms. The Morgan fingerprint density at radius 1 is 1.14 bits per heavy atom. The molecule has 11 nitrogen and oxygen atoms in total. The standard InChI is InChI=1S/C32H50N6O5/c1-4-26(39)38-18-17-37(19-22(38)12-15-33)30-24-11-14-32(13-10-21-7-5-9-25(41-3)28(21)43-32)29(40)27(24)34-31(35-30)42-20-23-8-6-16-36(23)2/h4,21-25,27-28,30-31,34-35H,1,5-14,16-20H2,2-3H3/t21?,22?,23?,24?,25?,27?,28?,30?,31?,32-/m0/s1. The van der Waals surface area contributed by atoms with Crippen LogP contribution in [-0.4, -0.2) is 122 Å². The summed E-state index contributed by atoms with van der Waals surface area (Å²) in [6.07, 6.45) is 9.82. The second-order valence-electron chi connectivity index (χ2n) is 13.6. The molecular formula is C32H50N6O5. The number of ketones is 1. The number of Topliss-reactive ketones (excluding diaryl/α,β-unsaturated/α-hetero) is 1. The normalized spacial score (nSPS) is 42.3. The highest BCUT2D eigenvalue weighted by atomic mass is 16.6. The molecule has 43 heavy (non-hydrogen) atoms. The smallest absolute Gasteiger partial charge is 0.246 e. The summed E-state index contributed by atoms with van der Waals surface area (Å²) in [5.74, 6) is 0.476. The van der Waals surface area contributed by atoms with Gasteiger partial charge in [-0.1, -0.05) is 13.0 Å². The molecule has 10 atom stereocenters. The number of carbonyl (C=O) groups excluding carboxylic acids is 2. The summed E-state index contributed by atoms with van der Waals surface area (Å²) in [6, 6.07) is 1.99. The van der Waals surface area contributed by atoms with E-state index in [1.54, 1.807) is 12.0 Å². The van der Waals surface area contributed by atoms with Crippen molar-refractivity contribution < 1.29 is 23.8 Å². The summed E-state index contributed by atoms with van der Waals surface area (Å²) in [5.41, 5.74) is -0.792. The molecule has 6 fully saturated rings. The van der Waals surface area contributed by atoms with Crippen LogP contribution in [0.2, 0.25) is 0 Å². The van der Waals surface area contributed by atoms with E-state index in [1.807, 2.05) is 0 Å². The average molecular weight is 599 g/mol. The van der Waals surface area contributed by atoms with E-state index in [9.17, 15) is 14.9 Å². The van der Waals surface area contributed by atoms with E-state index in [4.69, 9.17) is 14.2 Å². The molecule has 6 aliphatic rings. The molecule has 4 heterocycles. The molecule has 9 unspecified atom stereocenters. The van der Waals surface area contributed by atoms with Crippen LogP contribution in [0.3, 0.4) is 0 Å². The van der Waals surface area contributed by atoms with E-state index in [0.717, 1.165) is 51.5 Å². The van der Waals surface area contributed by atoms with Gasteiger partial charge in [-0.2, -0.15) is 5.26 Å². The number of hydrogen-bond donors (Lipinski definition) is 2. The highest BCUT2D eigenvalue weighted by Gasteiger charge is 2.58. The van der Waals surface area contributed by atoms with E-state index in [-0.39, 0.29) is 48.4 Å². The summed E-state index contributed by atoms with van der Waals surface area (Å²) in [6.45, 7) is 7.04. The van der Waals surface area contributed by atoms with Crippen molar-refractivity contribution in [2.75, 3.05) is 46.9 Å². The summed E-state index contributed by atoms with van der Waals surface area (Å²) in [7, 11) is 3.91. The first-order valence-electron chi connectivity index (χ1n) is 16.5. The quantitative estimate of drug-likeness (QED) is 0.418. The first-order chi connectivity index (χ1) is 20.9. The van der Waals surface area contributed by atoms with Gasteiger partial charge in [-0.3, -0.25) is 25.1 Å². The van der Waals surface area contributed by atoms with Crippen LogP contribution in [0.1, 0.15) is 64.2 Å². The van der Waals surface area contributed by atoms with Crippen LogP contribution in [0, 0.1) is 23.2 Å². The topological polar surface area (TPSA) is 119 Å². The number of rotatable bonds is 7. The number of fused-ring (bicyclic) bond motifs is 2. The lowest BCUT2D eigenvalue weighted by Gasteiger charge is -2.56. The molecule has 0 radical (unpaired) electrons. The third-order valence-electron chi connectivity index (χ3n) is 11.4. The molecule has 4 saturated heterocycles. The van der Waals surface area contributed by atoms with Gasteiger partial charge in [0.05, 0.1) is 49.6 Å². The average Bonchev–Trinajstić information content (AvgIpc) is 3.45. The maximum absolute atomic E-state index is 14.6. The fourth-order valence-corrected chi connectivity index (χ4v) is 8.94. The van der Waals surface area contributed by atoms with Crippen molar-refractivity contribution in [1.82, 2.24) is 25.3 Å². The van der Waals surface area contributed by atoms with Crippen LogP contribution in [0.25, 0.3) is 0 Å². The van der Waals surface area contributed by atoms with Gasteiger partial charge in [0.25, 0.3) is 0 Å². The molecule has 4 aliphatic heterocycles. The van der Waals surface area contributed by atoms with Crippen molar-refractivity contribution in [2.45, 2.75) is 113 Å². The Balaban J connectivity index is 1.23. The van der Waals surface area contributed by atoms with Gasteiger partial charge in [-0.05, 0) is 77.0 Å². The Labute approximate surface area is 256 Å². The Bertz CT molecular complexity index is 1080. The fraction of sp³-hybridized carbons (Fsp3) is 0.844. The number of piperazine rings is 1. The van der Waals surface area contributed by atoms with Crippen LogP contribution in [-0.2, 0) is 23.8 Å². The van der Waals surface area contributed by atoms with Crippen LogP contribution in [0.15, 0.2) is 12.7 Å². The highest BCUT2D eigenvalue weighted by Crippen LogP contribution is 2.47. The van der Waals surface area contributed by atoms with Crippen molar-refractivity contribution in [3.63, 3.8) is 0 Å². The minimum absolute atomic E-state index is 0.0161. The summed E-state index contributed by atoms with van der Waals surface area (Å²) >= 11 is 0. The molecule has 1 amide bonds. The van der Waals surface area contributed by atoms with Gasteiger partial charge >= 0.3 is 0 Å². The molecular weight excluding hydrogens is 548 g/mol. The van der Waals surface area contributed by atoms with Gasteiger partial charge in [0.2, 0.25) is 5.91 Å². The van der Waals surface area contributed by atoms with Gasteiger partial charge in [0, 0.05) is 38.7 Å². The monoisotopic (exact) mass is 598 g/mol. The van der Waals surface area contributed by atoms with Crippen LogP contribution < -0.4 is 10.6 Å². The third kappa shape index (κ3) is 6.05. The van der Waals surface area contributed by atoms with Crippen LogP contribution in [0.5, 0.6) is 0 Å². The highest BCUT2D eigenvalue weighted by molar-refractivity contribution is 5.93. The number of carbonyl (C=O) groups is 2. The van der Waals surface area contributed by atoms with E-state index in [1.165, 1.54) is 12.5 Å². The van der Waals surface area contributed by atoms with Crippen LogP contribution in [0.4, 0.5) is 0 Å². The summed E-state index contributed by atoms with van der Waals surface area (Å²) in [5, 5.41) is 16.9. The molecule has 0 aromatic rings. The second-order valence-corrected chi connectivity index (χ2v) is 13.6. The fourth-order valence-electron chi connectivity index (χ4n) is 8.94. The lowest BCUT2D eigenvalue weighted by molar-refractivity contribution is -0.221. The first kappa shape index (κ1) is 31.1. The van der Waals surface area contributed by atoms with Crippen molar-refractivity contribution in [2.24, 2.45) is 11.8 Å².